The molecule has 0 spiro atoms. The Bertz CT molecular complexity index is 1100. The summed E-state index contributed by atoms with van der Waals surface area (Å²) in [6, 6.07) is 16.3. The first-order valence-electron chi connectivity index (χ1n) is 10.6. The summed E-state index contributed by atoms with van der Waals surface area (Å²) >= 11 is 3.31. The number of hydrogen-bond donors (Lipinski definition) is 0. The lowest BCUT2D eigenvalue weighted by Gasteiger charge is -2.26. The van der Waals surface area contributed by atoms with Gasteiger partial charge in [0.2, 0.25) is 0 Å². The van der Waals surface area contributed by atoms with Crippen molar-refractivity contribution in [1.82, 2.24) is 29.6 Å². The van der Waals surface area contributed by atoms with Gasteiger partial charge in [-0.1, -0.05) is 42.4 Å². The minimum atomic E-state index is 0.748. The van der Waals surface area contributed by atoms with Crippen molar-refractivity contribution in [3.8, 4) is 16.4 Å². The van der Waals surface area contributed by atoms with E-state index in [-0.39, 0.29) is 0 Å². The largest absolute Gasteiger partial charge is 0.296 e. The Kier molecular flexibility index (Phi) is 6.38. The minimum Gasteiger partial charge on any atom is -0.296 e. The summed E-state index contributed by atoms with van der Waals surface area (Å²) in [5.41, 5.74) is 3.06. The highest BCUT2D eigenvalue weighted by Crippen LogP contribution is 2.28. The lowest BCUT2D eigenvalue weighted by atomic mass is 10.1. The van der Waals surface area contributed by atoms with Crippen LogP contribution in [-0.4, -0.2) is 42.7 Å². The quantitative estimate of drug-likeness (QED) is 0.368. The predicted octanol–water partition coefficient (Wildman–Crippen LogP) is 5.06. The number of para-hydroxylation sites is 1. The molecule has 8 heteroatoms. The van der Waals surface area contributed by atoms with Crippen molar-refractivity contribution in [2.24, 2.45) is 0 Å². The molecule has 6 nitrogen and oxygen atoms in total. The third kappa shape index (κ3) is 4.87. The number of aromatic nitrogens is 5. The molecule has 0 saturated carbocycles. The summed E-state index contributed by atoms with van der Waals surface area (Å²) in [6.07, 6.45) is 5.67. The van der Waals surface area contributed by atoms with Crippen LogP contribution in [0.4, 0.5) is 0 Å². The number of likely N-dealkylation sites (tertiary alicyclic amines) is 1. The van der Waals surface area contributed by atoms with Gasteiger partial charge in [0.15, 0.2) is 11.0 Å². The first kappa shape index (κ1) is 20.4. The van der Waals surface area contributed by atoms with E-state index in [0.29, 0.717) is 0 Å². The first-order chi connectivity index (χ1) is 15.4. The van der Waals surface area contributed by atoms with E-state index in [1.54, 1.807) is 29.3 Å². The molecule has 0 atom stereocenters. The average molecular weight is 449 g/mol. The van der Waals surface area contributed by atoms with Crippen molar-refractivity contribution in [3.63, 3.8) is 0 Å². The molecule has 3 aromatic heterocycles. The smallest absolute Gasteiger partial charge is 0.196 e. The molecular weight excluding hydrogens is 424 g/mol. The molecule has 158 valence electrons. The van der Waals surface area contributed by atoms with Crippen LogP contribution in [0.25, 0.3) is 16.4 Å². The third-order valence-corrected chi connectivity index (χ3v) is 7.19. The Labute approximate surface area is 190 Å². The highest BCUT2D eigenvalue weighted by Gasteiger charge is 2.19. The zero-order valence-electron chi connectivity index (χ0n) is 17.2. The Hall–Kier alpha value is -2.55. The van der Waals surface area contributed by atoms with Crippen molar-refractivity contribution in [2.45, 2.75) is 36.7 Å². The molecule has 1 saturated heterocycles. The maximum Gasteiger partial charge on any atom is 0.196 e. The Morgan fingerprint density at radius 3 is 2.58 bits per heavy atom. The number of thiazole rings is 1. The number of piperidine rings is 1. The van der Waals surface area contributed by atoms with Gasteiger partial charge in [0, 0.05) is 23.0 Å². The molecule has 0 N–H and O–H groups in total. The van der Waals surface area contributed by atoms with Gasteiger partial charge in [0.05, 0.1) is 17.9 Å². The Morgan fingerprint density at radius 1 is 0.935 bits per heavy atom. The van der Waals surface area contributed by atoms with Gasteiger partial charge in [-0.25, -0.2) is 4.98 Å². The lowest BCUT2D eigenvalue weighted by molar-refractivity contribution is 0.214. The number of nitrogens with zero attached hydrogens (tertiary/aromatic N) is 6. The van der Waals surface area contributed by atoms with E-state index in [9.17, 15) is 0 Å². The molecule has 0 amide bonds. The summed E-state index contributed by atoms with van der Waals surface area (Å²) in [6.45, 7) is 3.11. The molecule has 0 radical (unpaired) electrons. The second-order valence-electron chi connectivity index (χ2n) is 7.55. The van der Waals surface area contributed by atoms with Crippen molar-refractivity contribution in [2.75, 3.05) is 13.1 Å². The van der Waals surface area contributed by atoms with Gasteiger partial charge >= 0.3 is 0 Å². The van der Waals surface area contributed by atoms with Crippen LogP contribution in [0.15, 0.2) is 65.3 Å². The summed E-state index contributed by atoms with van der Waals surface area (Å²) in [5.74, 6) is 1.75. The van der Waals surface area contributed by atoms with Gasteiger partial charge in [-0.2, -0.15) is 0 Å². The number of hydrogen-bond acceptors (Lipinski definition) is 7. The van der Waals surface area contributed by atoms with E-state index in [1.165, 1.54) is 19.3 Å². The van der Waals surface area contributed by atoms with Gasteiger partial charge in [-0.05, 0) is 50.2 Å². The van der Waals surface area contributed by atoms with Crippen LogP contribution < -0.4 is 0 Å². The minimum absolute atomic E-state index is 0.748. The molecule has 5 rings (SSSR count). The molecule has 0 bridgehead atoms. The van der Waals surface area contributed by atoms with Crippen molar-refractivity contribution >= 4 is 23.1 Å². The summed E-state index contributed by atoms with van der Waals surface area (Å²) in [7, 11) is 0. The molecule has 0 aliphatic carbocycles. The standard InChI is InChI=1S/C23H24N6S2/c1-3-9-19(10-4-1)29-21(15-28-13-7-2-8-14-28)26-27-23(29)31-17-18-16-30-22(25-18)20-11-5-6-12-24-20/h1,3-6,9-12,16H,2,7-8,13-15,17H2. The molecule has 31 heavy (non-hydrogen) atoms. The van der Waals surface area contributed by atoms with E-state index in [1.807, 2.05) is 24.3 Å². The average Bonchev–Trinajstić information content (AvgIpc) is 3.47. The van der Waals surface area contributed by atoms with Crippen LogP contribution in [0.3, 0.4) is 0 Å². The van der Waals surface area contributed by atoms with Crippen molar-refractivity contribution in [3.05, 3.63) is 71.6 Å². The van der Waals surface area contributed by atoms with Crippen LogP contribution in [-0.2, 0) is 12.3 Å². The normalized spacial score (nSPS) is 14.7. The predicted molar refractivity (Wildman–Crippen MR) is 125 cm³/mol. The number of thioether (sulfide) groups is 1. The molecule has 4 heterocycles. The first-order valence-corrected chi connectivity index (χ1v) is 12.4. The van der Waals surface area contributed by atoms with Crippen molar-refractivity contribution < 1.29 is 0 Å². The highest BCUT2D eigenvalue weighted by atomic mass is 32.2. The fraction of sp³-hybridized carbons (Fsp3) is 0.304. The fourth-order valence-electron chi connectivity index (χ4n) is 3.77. The number of pyridine rings is 1. The summed E-state index contributed by atoms with van der Waals surface area (Å²) in [4.78, 5) is 11.7. The van der Waals surface area contributed by atoms with Crippen LogP contribution in [0.1, 0.15) is 30.8 Å². The van der Waals surface area contributed by atoms with Gasteiger partial charge < -0.3 is 0 Å². The van der Waals surface area contributed by atoms with Crippen LogP contribution in [0.2, 0.25) is 0 Å². The summed E-state index contributed by atoms with van der Waals surface area (Å²) in [5, 5.41) is 13.1. The van der Waals surface area contributed by atoms with E-state index in [0.717, 1.165) is 58.5 Å². The van der Waals surface area contributed by atoms with Crippen LogP contribution >= 0.6 is 23.1 Å². The van der Waals surface area contributed by atoms with Gasteiger partial charge in [0.25, 0.3) is 0 Å². The van der Waals surface area contributed by atoms with E-state index in [2.05, 4.69) is 54.3 Å². The molecule has 4 aromatic rings. The molecule has 1 aliphatic rings. The van der Waals surface area contributed by atoms with Crippen LogP contribution in [0.5, 0.6) is 0 Å². The molecule has 0 unspecified atom stereocenters. The zero-order valence-corrected chi connectivity index (χ0v) is 18.9. The van der Waals surface area contributed by atoms with Gasteiger partial charge in [-0.3, -0.25) is 14.5 Å². The Morgan fingerprint density at radius 2 is 1.77 bits per heavy atom. The SMILES string of the molecule is c1ccc(-n2c(CN3CCCCC3)nnc2SCc2csc(-c3ccccn3)n2)cc1. The Balaban J connectivity index is 1.36. The van der Waals surface area contributed by atoms with E-state index >= 15 is 0 Å². The fourth-order valence-corrected chi connectivity index (χ4v) is 5.53. The number of benzene rings is 1. The van der Waals surface area contributed by atoms with E-state index < -0.39 is 0 Å². The monoisotopic (exact) mass is 448 g/mol. The topological polar surface area (TPSA) is 59.7 Å². The second kappa shape index (κ2) is 9.72. The maximum atomic E-state index is 4.77. The van der Waals surface area contributed by atoms with Gasteiger partial charge in [0.1, 0.15) is 5.01 Å². The van der Waals surface area contributed by atoms with Crippen LogP contribution in [0, 0.1) is 0 Å². The third-order valence-electron chi connectivity index (χ3n) is 5.31. The summed E-state index contributed by atoms with van der Waals surface area (Å²) < 4.78 is 2.20. The highest BCUT2D eigenvalue weighted by molar-refractivity contribution is 7.98. The second-order valence-corrected chi connectivity index (χ2v) is 9.35. The lowest BCUT2D eigenvalue weighted by Crippen LogP contribution is -2.30. The molecule has 1 fully saturated rings. The molecular formula is C23H24N6S2. The van der Waals surface area contributed by atoms with E-state index in [4.69, 9.17) is 4.98 Å². The number of rotatable bonds is 7. The maximum absolute atomic E-state index is 4.77. The molecule has 1 aromatic carbocycles. The zero-order chi connectivity index (χ0) is 20.9. The van der Waals surface area contributed by atoms with Crippen molar-refractivity contribution in [1.29, 1.82) is 0 Å². The molecule has 1 aliphatic heterocycles. The van der Waals surface area contributed by atoms with Gasteiger partial charge in [-0.15, -0.1) is 21.5 Å².